The molecular weight excluding hydrogens is 312 g/mol. The molecule has 1 atom stereocenters. The van der Waals surface area contributed by atoms with Crippen molar-refractivity contribution >= 4 is 15.7 Å². The molecule has 0 aliphatic carbocycles. The van der Waals surface area contributed by atoms with Crippen LogP contribution in [0.1, 0.15) is 36.0 Å². The Morgan fingerprint density at radius 3 is 2.61 bits per heavy atom. The molecule has 1 amide bonds. The van der Waals surface area contributed by atoms with E-state index in [2.05, 4.69) is 4.90 Å². The van der Waals surface area contributed by atoms with Crippen LogP contribution in [-0.2, 0) is 9.84 Å². The largest absolute Gasteiger partial charge is 0.334 e. The third kappa shape index (κ3) is 3.75. The van der Waals surface area contributed by atoms with Gasteiger partial charge in [-0.15, -0.1) is 0 Å². The minimum absolute atomic E-state index is 0.0443. The summed E-state index contributed by atoms with van der Waals surface area (Å²) in [5, 5.41) is 0. The average molecular weight is 336 g/mol. The fourth-order valence-corrected chi connectivity index (χ4v) is 4.25. The zero-order valence-electron chi connectivity index (χ0n) is 13.6. The lowest BCUT2D eigenvalue weighted by molar-refractivity contribution is 0.0708. The lowest BCUT2D eigenvalue weighted by Crippen LogP contribution is -2.42. The maximum absolute atomic E-state index is 12.8. The zero-order valence-corrected chi connectivity index (χ0v) is 14.4. The fraction of sp³-hybridized carbons (Fsp3) is 0.588. The van der Waals surface area contributed by atoms with Crippen LogP contribution in [0.5, 0.6) is 0 Å². The molecule has 126 valence electrons. The van der Waals surface area contributed by atoms with Gasteiger partial charge in [-0.3, -0.25) is 4.79 Å². The van der Waals surface area contributed by atoms with Crippen molar-refractivity contribution in [3.05, 3.63) is 29.8 Å². The second kappa shape index (κ2) is 6.61. The second-order valence-corrected chi connectivity index (χ2v) is 8.62. The van der Waals surface area contributed by atoms with Crippen molar-refractivity contribution in [1.82, 2.24) is 9.80 Å². The van der Waals surface area contributed by atoms with Gasteiger partial charge in [-0.25, -0.2) is 8.42 Å². The van der Waals surface area contributed by atoms with Gasteiger partial charge < -0.3 is 9.80 Å². The van der Waals surface area contributed by atoms with Crippen LogP contribution >= 0.6 is 0 Å². The molecule has 2 fully saturated rings. The summed E-state index contributed by atoms with van der Waals surface area (Å²) in [6.45, 7) is 3.96. The summed E-state index contributed by atoms with van der Waals surface area (Å²) in [6, 6.07) is 6.65. The van der Waals surface area contributed by atoms with E-state index in [1.54, 1.807) is 12.1 Å². The standard InChI is InChI=1S/C17H24N2O3S/c1-23(21,22)16-8-4-6-14(12-16)17(20)19-11-5-7-15(19)13-18-9-2-3-10-18/h4,6,8,12,15H,2-3,5,7,9-11,13H2,1H3/t15-/m1/s1. The summed E-state index contributed by atoms with van der Waals surface area (Å²) >= 11 is 0. The maximum Gasteiger partial charge on any atom is 0.254 e. The van der Waals surface area contributed by atoms with Crippen LogP contribution in [0, 0.1) is 0 Å². The molecule has 0 unspecified atom stereocenters. The third-order valence-electron chi connectivity index (χ3n) is 4.81. The Morgan fingerprint density at radius 2 is 1.91 bits per heavy atom. The molecular formula is C17H24N2O3S. The normalized spacial score (nSPS) is 22.7. The Hall–Kier alpha value is -1.40. The molecule has 1 aromatic carbocycles. The van der Waals surface area contributed by atoms with Crippen LogP contribution in [-0.4, -0.2) is 62.6 Å². The Bertz CT molecular complexity index is 681. The zero-order chi connectivity index (χ0) is 16.4. The van der Waals surface area contributed by atoms with Gasteiger partial charge >= 0.3 is 0 Å². The van der Waals surface area contributed by atoms with Gasteiger partial charge in [0.15, 0.2) is 9.84 Å². The fourth-order valence-electron chi connectivity index (χ4n) is 3.58. The van der Waals surface area contributed by atoms with E-state index in [0.717, 1.165) is 39.0 Å². The highest BCUT2D eigenvalue weighted by Gasteiger charge is 2.31. The molecule has 0 N–H and O–H groups in total. The van der Waals surface area contributed by atoms with Crippen molar-refractivity contribution in [2.24, 2.45) is 0 Å². The van der Waals surface area contributed by atoms with E-state index >= 15 is 0 Å². The number of amides is 1. The topological polar surface area (TPSA) is 57.7 Å². The molecule has 2 aliphatic rings. The first-order valence-corrected chi connectivity index (χ1v) is 10.2. The number of benzene rings is 1. The molecule has 2 heterocycles. The van der Waals surface area contributed by atoms with Crippen molar-refractivity contribution in [2.45, 2.75) is 36.6 Å². The van der Waals surface area contributed by atoms with E-state index in [1.807, 2.05) is 4.90 Å². The summed E-state index contributed by atoms with van der Waals surface area (Å²) in [5.74, 6) is -0.0443. The highest BCUT2D eigenvalue weighted by molar-refractivity contribution is 7.90. The summed E-state index contributed by atoms with van der Waals surface area (Å²) in [4.78, 5) is 17.4. The van der Waals surface area contributed by atoms with E-state index in [0.29, 0.717) is 5.56 Å². The summed E-state index contributed by atoms with van der Waals surface area (Å²) in [7, 11) is -3.29. The number of carbonyl (C=O) groups is 1. The van der Waals surface area contributed by atoms with E-state index < -0.39 is 9.84 Å². The van der Waals surface area contributed by atoms with Crippen molar-refractivity contribution < 1.29 is 13.2 Å². The van der Waals surface area contributed by atoms with E-state index in [1.165, 1.54) is 31.2 Å². The quantitative estimate of drug-likeness (QED) is 0.841. The Balaban J connectivity index is 1.76. The molecule has 0 saturated carbocycles. The van der Waals surface area contributed by atoms with Crippen LogP contribution in [0.3, 0.4) is 0 Å². The van der Waals surface area contributed by atoms with Gasteiger partial charge in [-0.2, -0.15) is 0 Å². The van der Waals surface area contributed by atoms with Crippen LogP contribution in [0.4, 0.5) is 0 Å². The second-order valence-electron chi connectivity index (χ2n) is 6.60. The van der Waals surface area contributed by atoms with Gasteiger partial charge in [0.25, 0.3) is 5.91 Å². The van der Waals surface area contributed by atoms with Crippen molar-refractivity contribution in [1.29, 1.82) is 0 Å². The summed E-state index contributed by atoms with van der Waals surface area (Å²) in [5.41, 5.74) is 0.473. The van der Waals surface area contributed by atoms with Crippen LogP contribution in [0.15, 0.2) is 29.2 Å². The number of hydrogen-bond acceptors (Lipinski definition) is 4. The first-order chi connectivity index (χ1) is 10.9. The molecule has 2 aliphatic heterocycles. The highest BCUT2D eigenvalue weighted by Crippen LogP contribution is 2.23. The Labute approximate surface area is 138 Å². The summed E-state index contributed by atoms with van der Waals surface area (Å²) in [6.07, 6.45) is 5.72. The van der Waals surface area contributed by atoms with Gasteiger partial charge in [0, 0.05) is 31.0 Å². The number of hydrogen-bond donors (Lipinski definition) is 0. The lowest BCUT2D eigenvalue weighted by atomic mass is 10.1. The molecule has 6 heteroatoms. The highest BCUT2D eigenvalue weighted by atomic mass is 32.2. The van der Waals surface area contributed by atoms with Crippen LogP contribution in [0.2, 0.25) is 0 Å². The molecule has 1 aromatic rings. The van der Waals surface area contributed by atoms with Gasteiger partial charge in [0.05, 0.1) is 4.90 Å². The van der Waals surface area contributed by atoms with Gasteiger partial charge in [0.1, 0.15) is 0 Å². The van der Waals surface area contributed by atoms with Crippen molar-refractivity contribution in [3.63, 3.8) is 0 Å². The molecule has 0 spiro atoms. The molecule has 0 radical (unpaired) electrons. The minimum Gasteiger partial charge on any atom is -0.334 e. The maximum atomic E-state index is 12.8. The predicted molar refractivity (Wildman–Crippen MR) is 89.3 cm³/mol. The van der Waals surface area contributed by atoms with E-state index in [9.17, 15) is 13.2 Å². The molecule has 0 bridgehead atoms. The molecule has 5 nitrogen and oxygen atoms in total. The van der Waals surface area contributed by atoms with Crippen LogP contribution in [0.25, 0.3) is 0 Å². The Kier molecular flexibility index (Phi) is 4.73. The number of carbonyl (C=O) groups excluding carboxylic acids is 1. The van der Waals surface area contributed by atoms with E-state index in [4.69, 9.17) is 0 Å². The molecule has 2 saturated heterocycles. The molecule has 3 rings (SSSR count). The number of rotatable bonds is 4. The molecule has 23 heavy (non-hydrogen) atoms. The van der Waals surface area contributed by atoms with Gasteiger partial charge in [0.2, 0.25) is 0 Å². The first kappa shape index (κ1) is 16.5. The smallest absolute Gasteiger partial charge is 0.254 e. The third-order valence-corrected chi connectivity index (χ3v) is 5.93. The van der Waals surface area contributed by atoms with E-state index in [-0.39, 0.29) is 16.8 Å². The first-order valence-electron chi connectivity index (χ1n) is 8.28. The number of likely N-dealkylation sites (tertiary alicyclic amines) is 2. The van der Waals surface area contributed by atoms with Crippen LogP contribution < -0.4 is 0 Å². The summed E-state index contributed by atoms with van der Waals surface area (Å²) < 4.78 is 23.4. The SMILES string of the molecule is CS(=O)(=O)c1cccc(C(=O)N2CCC[C@@H]2CN2CCCC2)c1. The van der Waals surface area contributed by atoms with Gasteiger partial charge in [-0.1, -0.05) is 6.07 Å². The number of sulfone groups is 1. The average Bonchev–Trinajstić information content (AvgIpc) is 3.18. The monoisotopic (exact) mass is 336 g/mol. The minimum atomic E-state index is -3.29. The number of nitrogens with zero attached hydrogens (tertiary/aromatic N) is 2. The predicted octanol–water partition coefficient (Wildman–Crippen LogP) is 1.79. The lowest BCUT2D eigenvalue weighted by Gasteiger charge is -2.28. The van der Waals surface area contributed by atoms with Crippen molar-refractivity contribution in [2.75, 3.05) is 32.4 Å². The van der Waals surface area contributed by atoms with Crippen molar-refractivity contribution in [3.8, 4) is 0 Å². The van der Waals surface area contributed by atoms with Gasteiger partial charge in [-0.05, 0) is 57.0 Å². The Morgan fingerprint density at radius 1 is 1.17 bits per heavy atom. The molecule has 0 aromatic heterocycles.